The highest BCUT2D eigenvalue weighted by Gasteiger charge is 2.47. The fourth-order valence-electron chi connectivity index (χ4n) is 5.11. The normalized spacial score (nSPS) is 22.8. The first-order valence-electron chi connectivity index (χ1n) is 11.5. The predicted octanol–water partition coefficient (Wildman–Crippen LogP) is 3.03. The molecule has 8 heteroatoms. The zero-order valence-corrected chi connectivity index (χ0v) is 19.9. The molecule has 0 radical (unpaired) electrons. The molecule has 1 heterocycles. The van der Waals surface area contributed by atoms with E-state index in [-0.39, 0.29) is 29.3 Å². The highest BCUT2D eigenvalue weighted by Crippen LogP contribution is 2.40. The van der Waals surface area contributed by atoms with E-state index < -0.39 is 16.1 Å². The molecule has 0 spiro atoms. The summed E-state index contributed by atoms with van der Waals surface area (Å²) in [6.45, 7) is 0.0846. The monoisotopic (exact) mass is 469 g/mol. The zero-order valence-electron chi connectivity index (χ0n) is 19.1. The minimum absolute atomic E-state index is 0.0728. The van der Waals surface area contributed by atoms with Crippen LogP contribution in [0.5, 0.6) is 0 Å². The maximum atomic E-state index is 13.4. The Labute approximate surface area is 195 Å². The number of carbonyl (C=O) groups excluding carboxylic acids is 2. The molecule has 3 atom stereocenters. The van der Waals surface area contributed by atoms with Crippen LogP contribution >= 0.6 is 0 Å². The number of benzene rings is 2. The maximum Gasteiger partial charge on any atom is 0.254 e. The summed E-state index contributed by atoms with van der Waals surface area (Å²) in [6, 6.07) is 15.3. The van der Waals surface area contributed by atoms with Crippen LogP contribution < -0.4 is 5.32 Å². The first-order chi connectivity index (χ1) is 15.8. The number of rotatable bonds is 6. The fraction of sp³-hybridized carbons (Fsp3) is 0.440. The van der Waals surface area contributed by atoms with Gasteiger partial charge in [-0.25, -0.2) is 12.7 Å². The molecule has 2 aliphatic rings. The van der Waals surface area contributed by atoms with Crippen LogP contribution in [-0.4, -0.2) is 55.6 Å². The van der Waals surface area contributed by atoms with Crippen molar-refractivity contribution in [1.29, 1.82) is 0 Å². The van der Waals surface area contributed by atoms with Crippen LogP contribution in [0.1, 0.15) is 48.0 Å². The van der Waals surface area contributed by atoms with Crippen molar-refractivity contribution in [3.63, 3.8) is 0 Å². The molecule has 1 N–H and O–H groups in total. The average Bonchev–Trinajstić information content (AvgIpc) is 3.22. The summed E-state index contributed by atoms with van der Waals surface area (Å²) in [5.41, 5.74) is 1.11. The van der Waals surface area contributed by atoms with Gasteiger partial charge in [-0.1, -0.05) is 49.2 Å². The van der Waals surface area contributed by atoms with Gasteiger partial charge in [-0.3, -0.25) is 9.59 Å². The van der Waals surface area contributed by atoms with Gasteiger partial charge in [0.2, 0.25) is 15.9 Å². The molecule has 1 aliphatic carbocycles. The van der Waals surface area contributed by atoms with Crippen molar-refractivity contribution in [3.05, 3.63) is 65.7 Å². The molecule has 2 amide bonds. The molecule has 2 aromatic rings. The van der Waals surface area contributed by atoms with E-state index in [1.807, 2.05) is 18.2 Å². The van der Waals surface area contributed by atoms with Crippen molar-refractivity contribution in [2.24, 2.45) is 5.92 Å². The van der Waals surface area contributed by atoms with Gasteiger partial charge in [0.25, 0.3) is 5.91 Å². The highest BCUT2D eigenvalue weighted by atomic mass is 32.2. The van der Waals surface area contributed by atoms with Crippen LogP contribution in [0.3, 0.4) is 0 Å². The third-order valence-corrected chi connectivity index (χ3v) is 8.75. The molecular weight excluding hydrogens is 438 g/mol. The van der Waals surface area contributed by atoms with E-state index in [4.69, 9.17) is 0 Å². The summed E-state index contributed by atoms with van der Waals surface area (Å²) < 4.78 is 26.5. The van der Waals surface area contributed by atoms with E-state index in [1.165, 1.54) is 14.1 Å². The van der Waals surface area contributed by atoms with Gasteiger partial charge in [0, 0.05) is 32.2 Å². The molecule has 7 nitrogen and oxygen atoms in total. The molecule has 2 aromatic carbocycles. The number of hydrogen-bond acceptors (Lipinski definition) is 4. The minimum Gasteiger partial charge on any atom is -0.350 e. The van der Waals surface area contributed by atoms with Gasteiger partial charge in [-0.2, -0.15) is 0 Å². The molecule has 1 aliphatic heterocycles. The predicted molar refractivity (Wildman–Crippen MR) is 126 cm³/mol. The molecule has 33 heavy (non-hydrogen) atoms. The maximum absolute atomic E-state index is 13.4. The third kappa shape index (κ3) is 4.68. The second-order valence-electron chi connectivity index (χ2n) is 9.05. The highest BCUT2D eigenvalue weighted by molar-refractivity contribution is 7.89. The molecule has 2 fully saturated rings. The van der Waals surface area contributed by atoms with Crippen LogP contribution in [0.4, 0.5) is 0 Å². The lowest BCUT2D eigenvalue weighted by Crippen LogP contribution is -2.49. The summed E-state index contributed by atoms with van der Waals surface area (Å²) in [6.07, 6.45) is 4.77. The first-order valence-corrected chi connectivity index (χ1v) is 12.9. The Morgan fingerprint density at radius 2 is 1.67 bits per heavy atom. The van der Waals surface area contributed by atoms with Crippen molar-refractivity contribution in [3.8, 4) is 0 Å². The molecule has 4 rings (SSSR count). The van der Waals surface area contributed by atoms with Crippen molar-refractivity contribution in [1.82, 2.24) is 14.5 Å². The second-order valence-corrected chi connectivity index (χ2v) is 11.2. The molecule has 0 bridgehead atoms. The number of hydrogen-bond donors (Lipinski definition) is 1. The number of likely N-dealkylation sites (tertiary alicyclic amines) is 1. The Balaban J connectivity index is 1.56. The number of nitrogens with zero attached hydrogens (tertiary/aromatic N) is 2. The third-order valence-electron chi connectivity index (χ3n) is 6.83. The Morgan fingerprint density at radius 3 is 2.39 bits per heavy atom. The Morgan fingerprint density at radius 1 is 1.00 bits per heavy atom. The van der Waals surface area contributed by atoms with Crippen LogP contribution in [0.15, 0.2) is 59.5 Å². The average molecular weight is 470 g/mol. The van der Waals surface area contributed by atoms with Gasteiger partial charge in [-0.15, -0.1) is 0 Å². The van der Waals surface area contributed by atoms with Gasteiger partial charge < -0.3 is 10.2 Å². The Bertz CT molecular complexity index is 1120. The molecule has 1 saturated heterocycles. The van der Waals surface area contributed by atoms with Crippen LogP contribution in [0.2, 0.25) is 0 Å². The molecular formula is C25H31N3O4S. The molecule has 0 aromatic heterocycles. The summed E-state index contributed by atoms with van der Waals surface area (Å²) in [7, 11) is -0.666. The number of sulfonamides is 1. The molecule has 1 saturated carbocycles. The Kier molecular flexibility index (Phi) is 6.86. The number of fused-ring (bicyclic) bond motifs is 1. The van der Waals surface area contributed by atoms with E-state index >= 15 is 0 Å². The number of nitrogens with one attached hydrogen (secondary N) is 1. The van der Waals surface area contributed by atoms with Gasteiger partial charge in [0.05, 0.1) is 4.90 Å². The largest absolute Gasteiger partial charge is 0.350 e. The minimum atomic E-state index is -3.63. The lowest BCUT2D eigenvalue weighted by Gasteiger charge is -2.33. The topological polar surface area (TPSA) is 86.8 Å². The van der Waals surface area contributed by atoms with Crippen molar-refractivity contribution in [2.75, 3.05) is 14.1 Å². The van der Waals surface area contributed by atoms with Gasteiger partial charge >= 0.3 is 0 Å². The summed E-state index contributed by atoms with van der Waals surface area (Å²) in [5.74, 6) is -0.0185. The van der Waals surface area contributed by atoms with E-state index in [0.29, 0.717) is 23.5 Å². The molecule has 3 unspecified atom stereocenters. The summed E-state index contributed by atoms with van der Waals surface area (Å²) >= 11 is 0. The fourth-order valence-corrected chi connectivity index (χ4v) is 6.23. The van der Waals surface area contributed by atoms with Crippen molar-refractivity contribution in [2.45, 2.75) is 55.6 Å². The number of amides is 2. The van der Waals surface area contributed by atoms with Gasteiger partial charge in [0.1, 0.15) is 6.04 Å². The van der Waals surface area contributed by atoms with Crippen LogP contribution in [0.25, 0.3) is 0 Å². The Hall–Kier alpha value is -2.71. The molecule has 176 valence electrons. The van der Waals surface area contributed by atoms with Crippen LogP contribution in [0, 0.1) is 5.92 Å². The lowest BCUT2D eigenvalue weighted by molar-refractivity contribution is -0.125. The van der Waals surface area contributed by atoms with Crippen LogP contribution in [-0.2, 0) is 21.4 Å². The lowest BCUT2D eigenvalue weighted by atomic mass is 9.84. The zero-order chi connectivity index (χ0) is 23.6. The van der Waals surface area contributed by atoms with E-state index in [1.54, 1.807) is 41.3 Å². The summed E-state index contributed by atoms with van der Waals surface area (Å²) in [5, 5.41) is 2.92. The van der Waals surface area contributed by atoms with Gasteiger partial charge in [0.15, 0.2) is 0 Å². The smallest absolute Gasteiger partial charge is 0.254 e. The quantitative estimate of drug-likeness (QED) is 0.705. The second kappa shape index (κ2) is 9.65. The first kappa shape index (κ1) is 23.4. The van der Waals surface area contributed by atoms with Gasteiger partial charge in [-0.05, 0) is 48.9 Å². The van der Waals surface area contributed by atoms with Crippen molar-refractivity contribution >= 4 is 21.8 Å². The number of carbonyl (C=O) groups is 2. The van der Waals surface area contributed by atoms with E-state index in [2.05, 4.69) is 5.32 Å². The summed E-state index contributed by atoms with van der Waals surface area (Å²) in [4.78, 5) is 28.7. The standard InChI is InChI=1S/C25H31N3O4S/c1-27(2)33(31,32)23-15-9-7-13-20(23)17-26-24(29)22-16-19-12-6-8-14-21(19)28(22)25(30)18-10-4-3-5-11-18/h3-5,7,9-11,13,15,19,21-22H,6,8,12,14,16-17H2,1-2H3,(H,26,29). The van der Waals surface area contributed by atoms with E-state index in [0.717, 1.165) is 30.0 Å². The van der Waals surface area contributed by atoms with E-state index in [9.17, 15) is 18.0 Å². The van der Waals surface area contributed by atoms with Crippen molar-refractivity contribution < 1.29 is 18.0 Å². The SMILES string of the molecule is CN(C)S(=O)(=O)c1ccccc1CNC(=O)C1CC2CCCCC2N1C(=O)c1ccccc1.